The molecular formula is C14H24O5Si. The van der Waals surface area contributed by atoms with Crippen LogP contribution in [0.1, 0.15) is 19.8 Å². The Morgan fingerprint density at radius 1 is 1.00 bits per heavy atom. The molecule has 0 aliphatic rings. The topological polar surface area (TPSA) is 61.8 Å². The summed E-state index contributed by atoms with van der Waals surface area (Å²) in [7, 11) is -1.31. The molecule has 5 nitrogen and oxygen atoms in total. The van der Waals surface area contributed by atoms with Crippen molar-refractivity contribution in [3.05, 3.63) is 25.3 Å². The summed E-state index contributed by atoms with van der Waals surface area (Å²) in [6.07, 6.45) is 3.91. The van der Waals surface area contributed by atoms with Gasteiger partial charge in [0, 0.05) is 18.8 Å². The maximum atomic E-state index is 10.9. The molecule has 0 unspecified atom stereocenters. The number of carbonyl (C=O) groups excluding carboxylic acids is 2. The van der Waals surface area contributed by atoms with Crippen molar-refractivity contribution in [1.29, 1.82) is 0 Å². The van der Waals surface area contributed by atoms with Gasteiger partial charge in [-0.1, -0.05) is 13.2 Å². The van der Waals surface area contributed by atoms with Gasteiger partial charge in [-0.25, -0.2) is 9.59 Å². The van der Waals surface area contributed by atoms with Crippen molar-refractivity contribution in [2.24, 2.45) is 0 Å². The molecule has 0 heterocycles. The van der Waals surface area contributed by atoms with Crippen LogP contribution in [0.3, 0.4) is 0 Å². The van der Waals surface area contributed by atoms with E-state index in [1.54, 1.807) is 0 Å². The van der Waals surface area contributed by atoms with Crippen LogP contribution in [0.4, 0.5) is 0 Å². The number of ether oxygens (including phenoxy) is 2. The predicted molar refractivity (Wildman–Crippen MR) is 79.9 cm³/mol. The zero-order chi connectivity index (χ0) is 15.2. The lowest BCUT2D eigenvalue weighted by Crippen LogP contribution is -2.19. The van der Waals surface area contributed by atoms with Crippen LogP contribution >= 0.6 is 0 Å². The second-order valence-corrected chi connectivity index (χ2v) is 6.84. The largest absolute Gasteiger partial charge is 0.463 e. The van der Waals surface area contributed by atoms with E-state index in [1.807, 2.05) is 6.92 Å². The number of esters is 2. The third kappa shape index (κ3) is 10.5. The van der Waals surface area contributed by atoms with E-state index in [9.17, 15) is 9.59 Å². The summed E-state index contributed by atoms with van der Waals surface area (Å²) in [6.45, 7) is 10.1. The van der Waals surface area contributed by atoms with Gasteiger partial charge in [-0.15, -0.1) is 0 Å². The van der Waals surface area contributed by atoms with Crippen molar-refractivity contribution < 1.29 is 23.5 Å². The lowest BCUT2D eigenvalue weighted by atomic mass is 10.5. The molecule has 0 radical (unpaired) electrons. The molecule has 0 amide bonds. The molecular weight excluding hydrogens is 276 g/mol. The summed E-state index contributed by atoms with van der Waals surface area (Å²) in [5.41, 5.74) is 0. The van der Waals surface area contributed by atoms with Gasteiger partial charge in [-0.3, -0.25) is 0 Å². The average molecular weight is 300 g/mol. The SMILES string of the molecule is C=CC(=O)OCCC[SiH](CCCOC(=O)C=C)OCC. The molecule has 0 rings (SSSR count). The zero-order valence-corrected chi connectivity index (χ0v) is 13.3. The second kappa shape index (κ2) is 12.6. The molecule has 0 aliphatic heterocycles. The minimum atomic E-state index is -1.31. The fraction of sp³-hybridized carbons (Fsp3) is 0.571. The third-order valence-corrected chi connectivity index (χ3v) is 5.47. The van der Waals surface area contributed by atoms with Gasteiger partial charge in [-0.2, -0.15) is 0 Å². The van der Waals surface area contributed by atoms with Crippen LogP contribution in [0.25, 0.3) is 0 Å². The molecule has 0 aromatic rings. The first-order valence-corrected chi connectivity index (χ1v) is 8.94. The predicted octanol–water partition coefficient (Wildman–Crippen LogP) is 1.99. The van der Waals surface area contributed by atoms with Crippen molar-refractivity contribution in [1.82, 2.24) is 0 Å². The molecule has 114 valence electrons. The van der Waals surface area contributed by atoms with Crippen LogP contribution in [0, 0.1) is 0 Å². The van der Waals surface area contributed by atoms with Crippen LogP contribution in [0.2, 0.25) is 12.1 Å². The molecule has 20 heavy (non-hydrogen) atoms. The van der Waals surface area contributed by atoms with Crippen LogP contribution in [0.15, 0.2) is 25.3 Å². The van der Waals surface area contributed by atoms with E-state index in [2.05, 4.69) is 13.2 Å². The standard InChI is InChI=1S/C14H24O5Si/c1-4-13(15)17-9-7-11-20(19-6-3)12-8-10-18-14(16)5-2/h4-5,20H,1-2,6-12H2,3H3. The maximum absolute atomic E-state index is 10.9. The first-order valence-electron chi connectivity index (χ1n) is 6.84. The van der Waals surface area contributed by atoms with E-state index >= 15 is 0 Å². The van der Waals surface area contributed by atoms with Gasteiger partial charge in [0.2, 0.25) is 0 Å². The summed E-state index contributed by atoms with van der Waals surface area (Å²) in [5, 5.41) is 0. The quantitative estimate of drug-likeness (QED) is 0.239. The van der Waals surface area contributed by atoms with E-state index in [-0.39, 0.29) is 0 Å². The highest BCUT2D eigenvalue weighted by Gasteiger charge is 2.11. The van der Waals surface area contributed by atoms with Gasteiger partial charge in [0.15, 0.2) is 9.04 Å². The van der Waals surface area contributed by atoms with Crippen molar-refractivity contribution in [3.8, 4) is 0 Å². The lowest BCUT2D eigenvalue weighted by Gasteiger charge is -2.15. The van der Waals surface area contributed by atoms with E-state index < -0.39 is 21.0 Å². The Labute approximate surface area is 122 Å². The summed E-state index contributed by atoms with van der Waals surface area (Å²) < 4.78 is 15.6. The molecule has 0 saturated heterocycles. The molecule has 0 aliphatic carbocycles. The van der Waals surface area contributed by atoms with Crippen LogP contribution < -0.4 is 0 Å². The van der Waals surface area contributed by atoms with Gasteiger partial charge in [0.25, 0.3) is 0 Å². The van der Waals surface area contributed by atoms with Crippen molar-refractivity contribution in [2.45, 2.75) is 31.9 Å². The number of rotatable bonds is 12. The van der Waals surface area contributed by atoms with Crippen molar-refractivity contribution in [2.75, 3.05) is 19.8 Å². The average Bonchev–Trinajstić information content (AvgIpc) is 2.46. The Bertz CT molecular complexity index is 289. The fourth-order valence-corrected chi connectivity index (χ4v) is 3.97. The molecule has 0 aromatic carbocycles. The molecule has 0 spiro atoms. The lowest BCUT2D eigenvalue weighted by molar-refractivity contribution is -0.138. The maximum Gasteiger partial charge on any atom is 0.330 e. The van der Waals surface area contributed by atoms with E-state index in [0.29, 0.717) is 19.8 Å². The molecule has 6 heteroatoms. The first kappa shape index (κ1) is 18.6. The first-order chi connectivity index (χ1) is 9.63. The number of hydrogen-bond donors (Lipinski definition) is 0. The van der Waals surface area contributed by atoms with E-state index in [4.69, 9.17) is 13.9 Å². The molecule has 0 atom stereocenters. The summed E-state index contributed by atoms with van der Waals surface area (Å²) >= 11 is 0. The molecule has 0 bridgehead atoms. The van der Waals surface area contributed by atoms with Gasteiger partial charge >= 0.3 is 11.9 Å². The minimum absolute atomic E-state index is 0.393. The van der Waals surface area contributed by atoms with Crippen LogP contribution in [0.5, 0.6) is 0 Å². The zero-order valence-electron chi connectivity index (χ0n) is 12.1. The van der Waals surface area contributed by atoms with Gasteiger partial charge in [0.1, 0.15) is 0 Å². The summed E-state index contributed by atoms with van der Waals surface area (Å²) in [5.74, 6) is -0.785. The summed E-state index contributed by atoms with van der Waals surface area (Å²) in [4.78, 5) is 21.7. The highest BCUT2D eigenvalue weighted by Crippen LogP contribution is 2.08. The Morgan fingerprint density at radius 2 is 1.45 bits per heavy atom. The van der Waals surface area contributed by atoms with Gasteiger partial charge in [0.05, 0.1) is 13.2 Å². The normalized spacial score (nSPS) is 10.1. The third-order valence-electron chi connectivity index (χ3n) is 2.57. The number of carbonyl (C=O) groups is 2. The van der Waals surface area contributed by atoms with Crippen molar-refractivity contribution >= 4 is 21.0 Å². The Hall–Kier alpha value is -1.40. The second-order valence-electron chi connectivity index (χ2n) is 4.11. The molecule has 0 fully saturated rings. The van der Waals surface area contributed by atoms with Gasteiger partial charge < -0.3 is 13.9 Å². The van der Waals surface area contributed by atoms with Crippen molar-refractivity contribution in [3.63, 3.8) is 0 Å². The van der Waals surface area contributed by atoms with E-state index in [1.165, 1.54) is 0 Å². The molecule has 0 saturated carbocycles. The summed E-state index contributed by atoms with van der Waals surface area (Å²) in [6, 6.07) is 1.88. The van der Waals surface area contributed by atoms with E-state index in [0.717, 1.165) is 37.1 Å². The van der Waals surface area contributed by atoms with Gasteiger partial charge in [-0.05, 0) is 31.9 Å². The number of hydrogen-bond acceptors (Lipinski definition) is 5. The molecule has 0 N–H and O–H groups in total. The monoisotopic (exact) mass is 300 g/mol. The highest BCUT2D eigenvalue weighted by molar-refractivity contribution is 6.51. The molecule has 0 aromatic heterocycles. The fourth-order valence-electron chi connectivity index (χ4n) is 1.63. The van der Waals surface area contributed by atoms with Crippen LogP contribution in [-0.4, -0.2) is 40.8 Å². The Balaban J connectivity index is 3.74. The Morgan fingerprint density at radius 3 is 1.80 bits per heavy atom. The van der Waals surface area contributed by atoms with Crippen LogP contribution in [-0.2, 0) is 23.5 Å². The Kier molecular flexibility index (Phi) is 11.7. The highest BCUT2D eigenvalue weighted by atomic mass is 28.3. The minimum Gasteiger partial charge on any atom is -0.463 e. The smallest absolute Gasteiger partial charge is 0.330 e.